The summed E-state index contributed by atoms with van der Waals surface area (Å²) in [6.45, 7) is 6.80. The van der Waals surface area contributed by atoms with Crippen molar-refractivity contribution in [2.75, 3.05) is 25.0 Å². The second-order valence-corrected chi connectivity index (χ2v) is 5.08. The molecule has 0 unspecified atom stereocenters. The van der Waals surface area contributed by atoms with Crippen molar-refractivity contribution >= 4 is 11.6 Å². The summed E-state index contributed by atoms with van der Waals surface area (Å²) >= 11 is 0. The Morgan fingerprint density at radius 1 is 1.28 bits per heavy atom. The third-order valence-corrected chi connectivity index (χ3v) is 3.49. The molecule has 1 fully saturated rings. The van der Waals surface area contributed by atoms with Gasteiger partial charge in [0, 0.05) is 31.7 Å². The molecule has 0 spiro atoms. The van der Waals surface area contributed by atoms with Crippen LogP contribution < -0.4 is 5.32 Å². The van der Waals surface area contributed by atoms with E-state index < -0.39 is 0 Å². The first-order chi connectivity index (χ1) is 8.66. The second kappa shape index (κ2) is 5.89. The van der Waals surface area contributed by atoms with Crippen LogP contribution in [-0.2, 0) is 4.79 Å². The molecule has 0 aliphatic carbocycles. The van der Waals surface area contributed by atoms with Gasteiger partial charge < -0.3 is 10.2 Å². The number of hydrogen-bond donors (Lipinski definition) is 1. The maximum atomic E-state index is 11.9. The van der Waals surface area contributed by atoms with Crippen LogP contribution in [0, 0.1) is 13.8 Å². The van der Waals surface area contributed by atoms with Crippen LogP contribution in [0.1, 0.15) is 30.4 Å². The Morgan fingerprint density at radius 2 is 2.00 bits per heavy atom. The number of amides is 1. The quantitative estimate of drug-likeness (QED) is 0.886. The molecular formula is C15H22N2O. The maximum Gasteiger partial charge on any atom is 0.224 e. The van der Waals surface area contributed by atoms with E-state index >= 15 is 0 Å². The van der Waals surface area contributed by atoms with Gasteiger partial charge in [-0.1, -0.05) is 17.7 Å². The van der Waals surface area contributed by atoms with Gasteiger partial charge in [-0.15, -0.1) is 0 Å². The van der Waals surface area contributed by atoms with Crippen molar-refractivity contribution < 1.29 is 4.79 Å². The zero-order chi connectivity index (χ0) is 13.0. The van der Waals surface area contributed by atoms with Crippen molar-refractivity contribution in [3.8, 4) is 0 Å². The first-order valence-electron chi connectivity index (χ1n) is 6.76. The summed E-state index contributed by atoms with van der Waals surface area (Å²) in [4.78, 5) is 13.8. The van der Waals surface area contributed by atoms with Crippen molar-refractivity contribution in [2.45, 2.75) is 33.1 Å². The molecule has 1 aliphatic heterocycles. The second-order valence-electron chi connectivity index (χ2n) is 5.08. The number of nitrogens with one attached hydrogen (secondary N) is 1. The van der Waals surface area contributed by atoms with Gasteiger partial charge in [-0.05, 0) is 38.3 Å². The molecule has 1 amide bonds. The highest BCUT2D eigenvalue weighted by atomic mass is 16.2. The van der Waals surface area contributed by atoms with E-state index in [2.05, 4.69) is 37.4 Å². The van der Waals surface area contributed by atoms with E-state index in [1.807, 2.05) is 4.90 Å². The monoisotopic (exact) mass is 246 g/mol. The van der Waals surface area contributed by atoms with Gasteiger partial charge in [-0.25, -0.2) is 0 Å². The van der Waals surface area contributed by atoms with Crippen LogP contribution in [0.5, 0.6) is 0 Å². The van der Waals surface area contributed by atoms with Crippen LogP contribution in [0.2, 0.25) is 0 Å². The number of hydrogen-bond acceptors (Lipinski definition) is 2. The number of anilines is 1. The predicted octanol–water partition coefficient (Wildman–Crippen LogP) is 2.73. The standard InChI is InChI=1S/C15H22N2O/c1-12-5-6-14(13(2)11-12)16-8-7-15(18)17-9-3-4-10-17/h5-6,11,16H,3-4,7-10H2,1-2H3. The molecule has 3 heteroatoms. The van der Waals surface area contributed by atoms with Crippen LogP contribution in [0.15, 0.2) is 18.2 Å². The van der Waals surface area contributed by atoms with E-state index in [1.165, 1.54) is 11.1 Å². The highest BCUT2D eigenvalue weighted by molar-refractivity contribution is 5.77. The van der Waals surface area contributed by atoms with Crippen LogP contribution in [-0.4, -0.2) is 30.4 Å². The highest BCUT2D eigenvalue weighted by Crippen LogP contribution is 2.16. The van der Waals surface area contributed by atoms with Gasteiger partial charge in [-0.2, -0.15) is 0 Å². The molecule has 1 aromatic carbocycles. The highest BCUT2D eigenvalue weighted by Gasteiger charge is 2.16. The molecule has 1 saturated heterocycles. The molecule has 1 N–H and O–H groups in total. The van der Waals surface area contributed by atoms with E-state index in [0.29, 0.717) is 6.42 Å². The lowest BCUT2D eigenvalue weighted by molar-refractivity contribution is -0.129. The minimum absolute atomic E-state index is 0.282. The summed E-state index contributed by atoms with van der Waals surface area (Å²) in [5.41, 5.74) is 3.64. The van der Waals surface area contributed by atoms with Gasteiger partial charge in [0.25, 0.3) is 0 Å². The van der Waals surface area contributed by atoms with Crippen LogP contribution in [0.3, 0.4) is 0 Å². The molecule has 18 heavy (non-hydrogen) atoms. The summed E-state index contributed by atoms with van der Waals surface area (Å²) in [5, 5.41) is 3.35. The van der Waals surface area contributed by atoms with E-state index in [9.17, 15) is 4.79 Å². The average Bonchev–Trinajstić information content (AvgIpc) is 2.85. The molecule has 2 rings (SSSR count). The number of rotatable bonds is 4. The van der Waals surface area contributed by atoms with Crippen molar-refractivity contribution in [3.05, 3.63) is 29.3 Å². The van der Waals surface area contributed by atoms with E-state index in [-0.39, 0.29) is 5.91 Å². The lowest BCUT2D eigenvalue weighted by Crippen LogP contribution is -2.29. The molecule has 1 heterocycles. The van der Waals surface area contributed by atoms with Gasteiger partial charge in [0.15, 0.2) is 0 Å². The lowest BCUT2D eigenvalue weighted by Gasteiger charge is -2.16. The van der Waals surface area contributed by atoms with E-state index in [1.54, 1.807) is 0 Å². The largest absolute Gasteiger partial charge is 0.384 e. The number of likely N-dealkylation sites (tertiary alicyclic amines) is 1. The van der Waals surface area contributed by atoms with E-state index in [4.69, 9.17) is 0 Å². The topological polar surface area (TPSA) is 32.3 Å². The fourth-order valence-corrected chi connectivity index (χ4v) is 2.44. The van der Waals surface area contributed by atoms with Crippen LogP contribution >= 0.6 is 0 Å². The lowest BCUT2D eigenvalue weighted by atomic mass is 10.1. The minimum atomic E-state index is 0.282. The summed E-state index contributed by atoms with van der Waals surface area (Å²) in [6.07, 6.45) is 2.92. The van der Waals surface area contributed by atoms with Gasteiger partial charge in [0.2, 0.25) is 5.91 Å². The smallest absolute Gasteiger partial charge is 0.224 e. The molecule has 0 aromatic heterocycles. The Bertz CT molecular complexity index is 423. The van der Waals surface area contributed by atoms with Gasteiger partial charge >= 0.3 is 0 Å². The summed E-state index contributed by atoms with van der Waals surface area (Å²) < 4.78 is 0. The summed E-state index contributed by atoms with van der Waals surface area (Å²) in [5.74, 6) is 0.282. The number of carbonyl (C=O) groups excluding carboxylic acids is 1. The molecule has 0 radical (unpaired) electrons. The number of aryl methyl sites for hydroxylation is 2. The average molecular weight is 246 g/mol. The van der Waals surface area contributed by atoms with Crippen molar-refractivity contribution in [3.63, 3.8) is 0 Å². The predicted molar refractivity (Wildman–Crippen MR) is 74.8 cm³/mol. The Hall–Kier alpha value is -1.51. The van der Waals surface area contributed by atoms with Crippen molar-refractivity contribution in [2.24, 2.45) is 0 Å². The summed E-state index contributed by atoms with van der Waals surface area (Å²) in [6, 6.07) is 6.34. The zero-order valence-corrected chi connectivity index (χ0v) is 11.3. The Labute approximate surface area is 109 Å². The van der Waals surface area contributed by atoms with Gasteiger partial charge in [0.05, 0.1) is 0 Å². The molecule has 0 saturated carbocycles. The minimum Gasteiger partial charge on any atom is -0.384 e. The molecule has 98 valence electrons. The molecule has 0 bridgehead atoms. The third kappa shape index (κ3) is 3.25. The number of carbonyl (C=O) groups is 1. The van der Waals surface area contributed by atoms with Crippen LogP contribution in [0.25, 0.3) is 0 Å². The molecule has 1 aliphatic rings. The molecule has 3 nitrogen and oxygen atoms in total. The summed E-state index contributed by atoms with van der Waals surface area (Å²) in [7, 11) is 0. The van der Waals surface area contributed by atoms with Gasteiger partial charge in [-0.3, -0.25) is 4.79 Å². The third-order valence-electron chi connectivity index (χ3n) is 3.49. The SMILES string of the molecule is Cc1ccc(NCCC(=O)N2CCCC2)c(C)c1. The molecular weight excluding hydrogens is 224 g/mol. The van der Waals surface area contributed by atoms with Crippen LogP contribution in [0.4, 0.5) is 5.69 Å². The van der Waals surface area contributed by atoms with E-state index in [0.717, 1.165) is 38.2 Å². The fourth-order valence-electron chi connectivity index (χ4n) is 2.44. The zero-order valence-electron chi connectivity index (χ0n) is 11.3. The van der Waals surface area contributed by atoms with Crippen molar-refractivity contribution in [1.82, 2.24) is 4.90 Å². The van der Waals surface area contributed by atoms with Gasteiger partial charge in [0.1, 0.15) is 0 Å². The number of benzene rings is 1. The molecule has 1 aromatic rings. The maximum absolute atomic E-state index is 11.9. The Kier molecular flexibility index (Phi) is 4.24. The first kappa shape index (κ1) is 12.9. The Morgan fingerprint density at radius 3 is 2.67 bits per heavy atom. The Balaban J connectivity index is 1.79. The van der Waals surface area contributed by atoms with Crippen molar-refractivity contribution in [1.29, 1.82) is 0 Å². The first-order valence-corrected chi connectivity index (χ1v) is 6.76. The number of nitrogens with zero attached hydrogens (tertiary/aromatic N) is 1. The fraction of sp³-hybridized carbons (Fsp3) is 0.533. The molecule has 0 atom stereocenters. The normalized spacial score (nSPS) is 14.9.